The first-order valence-electron chi connectivity index (χ1n) is 7.87. The molecule has 1 aromatic carbocycles. The van der Waals surface area contributed by atoms with Crippen LogP contribution in [0.5, 0.6) is 0 Å². The molecule has 1 aromatic heterocycles. The van der Waals surface area contributed by atoms with E-state index in [0.717, 1.165) is 13.1 Å². The van der Waals surface area contributed by atoms with E-state index < -0.39 is 0 Å². The van der Waals surface area contributed by atoms with Crippen LogP contribution >= 0.6 is 0 Å². The molecule has 0 spiro atoms. The summed E-state index contributed by atoms with van der Waals surface area (Å²) < 4.78 is 0. The quantitative estimate of drug-likeness (QED) is 0.842. The van der Waals surface area contributed by atoms with Gasteiger partial charge >= 0.3 is 0 Å². The topological polar surface area (TPSA) is 19.4 Å². The highest BCUT2D eigenvalue weighted by atomic mass is 15.3. The third-order valence-corrected chi connectivity index (χ3v) is 4.85. The molecule has 21 heavy (non-hydrogen) atoms. The lowest BCUT2D eigenvalue weighted by atomic mass is 9.99. The van der Waals surface area contributed by atoms with E-state index in [0.29, 0.717) is 12.1 Å². The molecule has 2 aromatic rings. The molecule has 0 radical (unpaired) electrons. The van der Waals surface area contributed by atoms with Crippen LogP contribution in [-0.2, 0) is 0 Å². The number of rotatable bonds is 2. The van der Waals surface area contributed by atoms with E-state index in [9.17, 15) is 0 Å². The molecule has 108 valence electrons. The van der Waals surface area contributed by atoms with E-state index in [1.165, 1.54) is 30.6 Å². The molecule has 0 N–H and O–H groups in total. The van der Waals surface area contributed by atoms with Crippen molar-refractivity contribution in [2.75, 3.05) is 24.5 Å². The summed E-state index contributed by atoms with van der Waals surface area (Å²) in [5.74, 6) is 0. The molecule has 3 heteroatoms. The average Bonchev–Trinajstić information content (AvgIpc) is 3.03. The number of pyridine rings is 1. The number of piperazine rings is 1. The van der Waals surface area contributed by atoms with Gasteiger partial charge in [-0.15, -0.1) is 0 Å². The van der Waals surface area contributed by atoms with E-state index in [2.05, 4.69) is 51.2 Å². The Morgan fingerprint density at radius 3 is 2.71 bits per heavy atom. The minimum atomic E-state index is 0.435. The number of aromatic nitrogens is 1. The van der Waals surface area contributed by atoms with Gasteiger partial charge in [0.25, 0.3) is 0 Å². The van der Waals surface area contributed by atoms with Crippen molar-refractivity contribution in [3.8, 4) is 0 Å². The zero-order valence-corrected chi connectivity index (χ0v) is 12.2. The first kappa shape index (κ1) is 12.8. The second-order valence-corrected chi connectivity index (χ2v) is 6.08. The molecule has 3 heterocycles. The standard InChI is InChI=1S/C18H21N3/c1-2-6-15(7-3-1)18-14-20-11-5-9-17(20)13-21(18)16-8-4-10-19-12-16/h1-4,6-8,10,12,17-18H,5,9,11,13-14H2. The molecule has 0 aliphatic carbocycles. The van der Waals surface area contributed by atoms with Gasteiger partial charge in [0.15, 0.2) is 0 Å². The summed E-state index contributed by atoms with van der Waals surface area (Å²) in [7, 11) is 0. The zero-order chi connectivity index (χ0) is 14.1. The highest BCUT2D eigenvalue weighted by molar-refractivity contribution is 5.48. The summed E-state index contributed by atoms with van der Waals surface area (Å²) in [5, 5.41) is 0. The Bertz CT molecular complexity index is 530. The number of fused-ring (bicyclic) bond motifs is 1. The van der Waals surface area contributed by atoms with Gasteiger partial charge in [-0.05, 0) is 37.1 Å². The zero-order valence-electron chi connectivity index (χ0n) is 12.2. The normalized spacial score (nSPS) is 25.8. The van der Waals surface area contributed by atoms with Crippen LogP contribution in [0.25, 0.3) is 0 Å². The number of nitrogens with zero attached hydrogens (tertiary/aromatic N) is 3. The highest BCUT2D eigenvalue weighted by Gasteiger charge is 2.36. The number of hydrogen-bond acceptors (Lipinski definition) is 3. The van der Waals surface area contributed by atoms with Crippen molar-refractivity contribution in [3.05, 3.63) is 60.4 Å². The van der Waals surface area contributed by atoms with E-state index >= 15 is 0 Å². The Labute approximate surface area is 126 Å². The molecule has 2 fully saturated rings. The minimum absolute atomic E-state index is 0.435. The maximum atomic E-state index is 4.32. The summed E-state index contributed by atoms with van der Waals surface area (Å²) in [6, 6.07) is 16.3. The molecule has 2 unspecified atom stereocenters. The van der Waals surface area contributed by atoms with Crippen LogP contribution < -0.4 is 4.90 Å². The second-order valence-electron chi connectivity index (χ2n) is 6.08. The van der Waals surface area contributed by atoms with Crippen molar-refractivity contribution in [2.24, 2.45) is 0 Å². The van der Waals surface area contributed by atoms with Gasteiger partial charge in [-0.25, -0.2) is 0 Å². The van der Waals surface area contributed by atoms with Crippen molar-refractivity contribution in [2.45, 2.75) is 24.9 Å². The van der Waals surface area contributed by atoms with Gasteiger partial charge in [0.1, 0.15) is 0 Å². The van der Waals surface area contributed by atoms with Crippen molar-refractivity contribution >= 4 is 5.69 Å². The molecule has 2 atom stereocenters. The molecule has 2 saturated heterocycles. The van der Waals surface area contributed by atoms with Crippen molar-refractivity contribution < 1.29 is 0 Å². The fourth-order valence-corrected chi connectivity index (χ4v) is 3.79. The predicted molar refractivity (Wildman–Crippen MR) is 85.4 cm³/mol. The smallest absolute Gasteiger partial charge is 0.0670 e. The maximum Gasteiger partial charge on any atom is 0.0670 e. The van der Waals surface area contributed by atoms with Crippen LogP contribution in [0.2, 0.25) is 0 Å². The first-order valence-corrected chi connectivity index (χ1v) is 7.87. The largest absolute Gasteiger partial charge is 0.360 e. The lowest BCUT2D eigenvalue weighted by molar-refractivity contribution is 0.197. The molecular formula is C18H21N3. The van der Waals surface area contributed by atoms with Gasteiger partial charge in [0.2, 0.25) is 0 Å². The lowest BCUT2D eigenvalue weighted by Gasteiger charge is -2.45. The van der Waals surface area contributed by atoms with E-state index in [1.807, 2.05) is 18.5 Å². The predicted octanol–water partition coefficient (Wildman–Crippen LogP) is 3.11. The Morgan fingerprint density at radius 2 is 1.90 bits per heavy atom. The van der Waals surface area contributed by atoms with Gasteiger partial charge in [0.05, 0.1) is 17.9 Å². The molecule has 3 nitrogen and oxygen atoms in total. The van der Waals surface area contributed by atoms with Gasteiger partial charge < -0.3 is 4.90 Å². The van der Waals surface area contributed by atoms with Gasteiger partial charge in [-0.1, -0.05) is 30.3 Å². The molecule has 2 aliphatic heterocycles. The van der Waals surface area contributed by atoms with Crippen molar-refractivity contribution in [3.63, 3.8) is 0 Å². The average molecular weight is 279 g/mol. The van der Waals surface area contributed by atoms with Gasteiger partial charge in [0, 0.05) is 25.3 Å². The Morgan fingerprint density at radius 1 is 1.00 bits per heavy atom. The summed E-state index contributed by atoms with van der Waals surface area (Å²) in [5.41, 5.74) is 2.66. The lowest BCUT2D eigenvalue weighted by Crippen LogP contribution is -2.52. The molecule has 0 saturated carbocycles. The first-order chi connectivity index (χ1) is 10.4. The van der Waals surface area contributed by atoms with Crippen molar-refractivity contribution in [1.82, 2.24) is 9.88 Å². The fourth-order valence-electron chi connectivity index (χ4n) is 3.79. The minimum Gasteiger partial charge on any atom is -0.360 e. The fraction of sp³-hybridized carbons (Fsp3) is 0.389. The Balaban J connectivity index is 1.70. The Hall–Kier alpha value is -1.87. The number of anilines is 1. The SMILES string of the molecule is c1ccc(C2CN3CCCC3CN2c2cccnc2)cc1. The third kappa shape index (κ3) is 2.42. The van der Waals surface area contributed by atoms with E-state index in [4.69, 9.17) is 0 Å². The third-order valence-electron chi connectivity index (χ3n) is 4.85. The maximum absolute atomic E-state index is 4.32. The van der Waals surface area contributed by atoms with E-state index in [1.54, 1.807) is 0 Å². The van der Waals surface area contributed by atoms with Crippen LogP contribution in [0.4, 0.5) is 5.69 Å². The van der Waals surface area contributed by atoms with Crippen LogP contribution in [0.1, 0.15) is 24.4 Å². The van der Waals surface area contributed by atoms with Crippen LogP contribution in [0.15, 0.2) is 54.9 Å². The van der Waals surface area contributed by atoms with Crippen LogP contribution in [-0.4, -0.2) is 35.6 Å². The molecule has 0 amide bonds. The molecule has 4 rings (SSSR count). The van der Waals surface area contributed by atoms with Crippen LogP contribution in [0, 0.1) is 0 Å². The summed E-state index contributed by atoms with van der Waals surface area (Å²) in [6.07, 6.45) is 6.53. The van der Waals surface area contributed by atoms with Crippen LogP contribution in [0.3, 0.4) is 0 Å². The monoisotopic (exact) mass is 279 g/mol. The number of hydrogen-bond donors (Lipinski definition) is 0. The highest BCUT2D eigenvalue weighted by Crippen LogP contribution is 2.35. The summed E-state index contributed by atoms with van der Waals surface area (Å²) in [6.45, 7) is 3.50. The molecule has 2 aliphatic rings. The summed E-state index contributed by atoms with van der Waals surface area (Å²) in [4.78, 5) is 9.54. The Kier molecular flexibility index (Phi) is 3.36. The van der Waals surface area contributed by atoms with Gasteiger partial charge in [-0.3, -0.25) is 9.88 Å². The number of benzene rings is 1. The second kappa shape index (κ2) is 5.49. The molecule has 0 bridgehead atoms. The van der Waals surface area contributed by atoms with E-state index in [-0.39, 0.29) is 0 Å². The molecular weight excluding hydrogens is 258 g/mol. The van der Waals surface area contributed by atoms with Gasteiger partial charge in [-0.2, -0.15) is 0 Å². The van der Waals surface area contributed by atoms with Crippen molar-refractivity contribution in [1.29, 1.82) is 0 Å². The summed E-state index contributed by atoms with van der Waals surface area (Å²) >= 11 is 0.